The first-order valence-electron chi connectivity index (χ1n) is 7.09. The van der Waals surface area contributed by atoms with E-state index in [-0.39, 0.29) is 12.5 Å². The van der Waals surface area contributed by atoms with E-state index in [0.29, 0.717) is 0 Å². The lowest BCUT2D eigenvalue weighted by molar-refractivity contribution is -0.114. The molecular formula is C16H18N4O. The van der Waals surface area contributed by atoms with Crippen LogP contribution in [-0.2, 0) is 11.3 Å². The van der Waals surface area contributed by atoms with E-state index >= 15 is 0 Å². The van der Waals surface area contributed by atoms with E-state index in [0.717, 1.165) is 34.9 Å². The van der Waals surface area contributed by atoms with Crippen molar-refractivity contribution < 1.29 is 4.79 Å². The topological polar surface area (TPSA) is 59.3 Å². The van der Waals surface area contributed by atoms with Crippen molar-refractivity contribution in [3.63, 3.8) is 0 Å². The van der Waals surface area contributed by atoms with E-state index in [1.807, 2.05) is 30.7 Å². The van der Waals surface area contributed by atoms with Gasteiger partial charge in [-0.05, 0) is 20.8 Å². The van der Waals surface area contributed by atoms with Crippen LogP contribution < -0.4 is 5.32 Å². The smallest absolute Gasteiger partial charge is 0.246 e. The van der Waals surface area contributed by atoms with Gasteiger partial charge in [-0.2, -0.15) is 5.10 Å². The number of aromatic nitrogens is 2. The average Bonchev–Trinajstić information content (AvgIpc) is 2.67. The van der Waals surface area contributed by atoms with Crippen LogP contribution in [0, 0.1) is 13.8 Å². The summed E-state index contributed by atoms with van der Waals surface area (Å²) in [4.78, 5) is 16.4. The van der Waals surface area contributed by atoms with Gasteiger partial charge in [-0.25, -0.2) is 0 Å². The lowest BCUT2D eigenvalue weighted by atomic mass is 10.0. The zero-order valence-electron chi connectivity index (χ0n) is 12.5. The Morgan fingerprint density at radius 3 is 2.62 bits per heavy atom. The van der Waals surface area contributed by atoms with Gasteiger partial charge in [0.25, 0.3) is 0 Å². The Balaban J connectivity index is 2.21. The molecule has 1 aromatic carbocycles. The summed E-state index contributed by atoms with van der Waals surface area (Å²) in [5, 5.41) is 7.42. The Morgan fingerprint density at radius 2 is 1.95 bits per heavy atom. The predicted octanol–water partition coefficient (Wildman–Crippen LogP) is 2.31. The molecule has 21 heavy (non-hydrogen) atoms. The number of aliphatic imine (C=N–C) groups is 1. The number of nitrogens with zero attached hydrogens (tertiary/aromatic N) is 3. The summed E-state index contributed by atoms with van der Waals surface area (Å²) in [6, 6.07) is 8.18. The van der Waals surface area contributed by atoms with E-state index in [4.69, 9.17) is 0 Å². The molecule has 2 aromatic rings. The van der Waals surface area contributed by atoms with Crippen LogP contribution in [-0.4, -0.2) is 27.9 Å². The zero-order chi connectivity index (χ0) is 15.0. The van der Waals surface area contributed by atoms with E-state index < -0.39 is 0 Å². The quantitative estimate of drug-likeness (QED) is 0.919. The minimum absolute atomic E-state index is 0.0999. The molecule has 2 heterocycles. The molecule has 3 rings (SSSR count). The van der Waals surface area contributed by atoms with Crippen molar-refractivity contribution in [1.82, 2.24) is 9.78 Å². The van der Waals surface area contributed by atoms with Crippen LogP contribution in [0.25, 0.3) is 0 Å². The maximum absolute atomic E-state index is 11.9. The molecular weight excluding hydrogens is 264 g/mol. The lowest BCUT2D eigenvalue weighted by Gasteiger charge is -2.09. The van der Waals surface area contributed by atoms with Crippen LogP contribution in [0.2, 0.25) is 0 Å². The Kier molecular flexibility index (Phi) is 3.33. The number of benzene rings is 1. The molecule has 5 nitrogen and oxygen atoms in total. The fourth-order valence-corrected chi connectivity index (χ4v) is 2.54. The number of fused-ring (bicyclic) bond motifs is 1. The van der Waals surface area contributed by atoms with Crippen molar-refractivity contribution in [2.24, 2.45) is 4.99 Å². The van der Waals surface area contributed by atoms with Crippen LogP contribution in [0.3, 0.4) is 0 Å². The summed E-state index contributed by atoms with van der Waals surface area (Å²) < 4.78 is 1.90. The van der Waals surface area contributed by atoms with Crippen LogP contribution in [0.1, 0.15) is 29.4 Å². The molecule has 0 spiro atoms. The van der Waals surface area contributed by atoms with Gasteiger partial charge in [-0.1, -0.05) is 29.8 Å². The van der Waals surface area contributed by atoms with Gasteiger partial charge in [0, 0.05) is 12.1 Å². The highest BCUT2D eigenvalue weighted by Crippen LogP contribution is 2.26. The third-order valence-electron chi connectivity index (χ3n) is 3.62. The molecule has 1 aliphatic rings. The highest BCUT2D eigenvalue weighted by Gasteiger charge is 2.24. The van der Waals surface area contributed by atoms with E-state index in [1.54, 1.807) is 0 Å². The van der Waals surface area contributed by atoms with Crippen molar-refractivity contribution >= 4 is 17.3 Å². The number of hydrogen-bond donors (Lipinski definition) is 1. The Bertz CT molecular complexity index is 725. The van der Waals surface area contributed by atoms with Gasteiger partial charge in [0.2, 0.25) is 5.91 Å². The summed E-state index contributed by atoms with van der Waals surface area (Å²) in [5.74, 6) is -0.0999. The first-order valence-corrected chi connectivity index (χ1v) is 7.09. The number of aryl methyl sites for hydroxylation is 3. The summed E-state index contributed by atoms with van der Waals surface area (Å²) in [6.45, 7) is 6.86. The van der Waals surface area contributed by atoms with Crippen molar-refractivity contribution in [2.75, 3.05) is 11.9 Å². The van der Waals surface area contributed by atoms with E-state index in [9.17, 15) is 4.79 Å². The maximum atomic E-state index is 11.9. The summed E-state index contributed by atoms with van der Waals surface area (Å²) >= 11 is 0. The molecule has 0 bridgehead atoms. The molecule has 1 aromatic heterocycles. The van der Waals surface area contributed by atoms with Crippen LogP contribution in [0.5, 0.6) is 0 Å². The molecule has 1 amide bonds. The molecule has 0 atom stereocenters. The van der Waals surface area contributed by atoms with Gasteiger partial charge in [0.05, 0.1) is 17.1 Å². The second-order valence-corrected chi connectivity index (χ2v) is 5.20. The fraction of sp³-hybridized carbons (Fsp3) is 0.312. The molecule has 0 fully saturated rings. The largest absolute Gasteiger partial charge is 0.321 e. The monoisotopic (exact) mass is 282 g/mol. The van der Waals surface area contributed by atoms with Crippen LogP contribution >= 0.6 is 0 Å². The maximum Gasteiger partial charge on any atom is 0.246 e. The van der Waals surface area contributed by atoms with Gasteiger partial charge in [0.15, 0.2) is 0 Å². The molecule has 0 saturated heterocycles. The van der Waals surface area contributed by atoms with Crippen molar-refractivity contribution in [3.05, 3.63) is 46.8 Å². The zero-order valence-corrected chi connectivity index (χ0v) is 12.5. The highest BCUT2D eigenvalue weighted by atomic mass is 16.1. The second-order valence-electron chi connectivity index (χ2n) is 5.20. The Hall–Kier alpha value is -2.43. The number of amides is 1. The first-order chi connectivity index (χ1) is 10.1. The number of rotatable bonds is 2. The van der Waals surface area contributed by atoms with Crippen molar-refractivity contribution in [2.45, 2.75) is 27.3 Å². The van der Waals surface area contributed by atoms with Gasteiger partial charge < -0.3 is 5.32 Å². The van der Waals surface area contributed by atoms with Crippen molar-refractivity contribution in [1.29, 1.82) is 0 Å². The van der Waals surface area contributed by atoms with Gasteiger partial charge in [0.1, 0.15) is 12.2 Å². The Morgan fingerprint density at radius 1 is 1.24 bits per heavy atom. The van der Waals surface area contributed by atoms with Crippen molar-refractivity contribution in [3.8, 4) is 0 Å². The third kappa shape index (κ3) is 2.35. The standard InChI is InChI=1S/C16H18N4O/c1-4-20-16-14(11(3)19-20)18-13(21)9-17-15(16)12-7-5-10(2)6-8-12/h5-8H,4,9H2,1-3H3,(H,18,21). The number of anilines is 1. The molecule has 5 heteroatoms. The summed E-state index contributed by atoms with van der Waals surface area (Å²) in [7, 11) is 0. The molecule has 108 valence electrons. The number of nitrogens with one attached hydrogen (secondary N) is 1. The van der Waals surface area contributed by atoms with E-state index in [1.165, 1.54) is 5.56 Å². The normalized spacial score (nSPS) is 14.2. The Labute approximate surface area is 123 Å². The molecule has 1 aliphatic heterocycles. The first kappa shape index (κ1) is 13.5. The SMILES string of the molecule is CCn1nc(C)c2c1C(c1ccc(C)cc1)=NCC(=O)N2. The molecule has 0 aliphatic carbocycles. The van der Waals surface area contributed by atoms with Gasteiger partial charge in [-0.15, -0.1) is 0 Å². The number of carbonyl (C=O) groups excluding carboxylic acids is 1. The minimum atomic E-state index is -0.0999. The minimum Gasteiger partial charge on any atom is -0.321 e. The predicted molar refractivity (Wildman–Crippen MR) is 83.0 cm³/mol. The third-order valence-corrected chi connectivity index (χ3v) is 3.62. The van der Waals surface area contributed by atoms with Gasteiger partial charge in [-0.3, -0.25) is 14.5 Å². The number of carbonyl (C=O) groups is 1. The molecule has 1 N–H and O–H groups in total. The number of hydrogen-bond acceptors (Lipinski definition) is 3. The van der Waals surface area contributed by atoms with Gasteiger partial charge >= 0.3 is 0 Å². The highest BCUT2D eigenvalue weighted by molar-refractivity contribution is 6.18. The van der Waals surface area contributed by atoms with Crippen LogP contribution in [0.4, 0.5) is 5.69 Å². The van der Waals surface area contributed by atoms with E-state index in [2.05, 4.69) is 34.5 Å². The summed E-state index contributed by atoms with van der Waals surface area (Å²) in [5.41, 5.74) is 5.52. The van der Waals surface area contributed by atoms with Crippen LogP contribution in [0.15, 0.2) is 29.3 Å². The molecule has 0 unspecified atom stereocenters. The fourth-order valence-electron chi connectivity index (χ4n) is 2.54. The lowest BCUT2D eigenvalue weighted by Crippen LogP contribution is -2.13. The summed E-state index contributed by atoms with van der Waals surface area (Å²) in [6.07, 6.45) is 0. The molecule has 0 saturated carbocycles. The average molecular weight is 282 g/mol. The molecule has 0 radical (unpaired) electrons. The second kappa shape index (κ2) is 5.16.